The summed E-state index contributed by atoms with van der Waals surface area (Å²) in [5.41, 5.74) is 2.59. The summed E-state index contributed by atoms with van der Waals surface area (Å²) in [4.78, 5) is 0. The number of rotatable bonds is 3. The summed E-state index contributed by atoms with van der Waals surface area (Å²) in [6.07, 6.45) is 4.23. The molecule has 3 aromatic rings. The van der Waals surface area contributed by atoms with Crippen molar-refractivity contribution < 1.29 is 4.57 Å². The first-order valence-corrected chi connectivity index (χ1v) is 6.51. The summed E-state index contributed by atoms with van der Waals surface area (Å²) in [7, 11) is 0. The summed E-state index contributed by atoms with van der Waals surface area (Å²) in [6.45, 7) is 0. The molecule has 1 aromatic heterocycles. The highest BCUT2D eigenvalue weighted by Gasteiger charge is 2.22. The van der Waals surface area contributed by atoms with Crippen LogP contribution >= 0.6 is 0 Å². The van der Waals surface area contributed by atoms with Crippen LogP contribution in [-0.2, 0) is 0 Å². The zero-order chi connectivity index (χ0) is 12.9. The van der Waals surface area contributed by atoms with E-state index in [-0.39, 0.29) is 6.04 Å². The standard InChI is InChI=1S/C18H16N/c1-4-10-16(11-5-1)18(17-12-6-2-7-13-17)19-14-8-3-9-15-19/h1-15,18H/q+1. The lowest BCUT2D eigenvalue weighted by molar-refractivity contribution is -0.704. The van der Waals surface area contributed by atoms with Gasteiger partial charge in [0.15, 0.2) is 12.4 Å². The normalized spacial score (nSPS) is 10.6. The molecule has 0 radical (unpaired) electrons. The van der Waals surface area contributed by atoms with Crippen LogP contribution in [0.2, 0.25) is 0 Å². The molecule has 0 saturated heterocycles. The van der Waals surface area contributed by atoms with Crippen molar-refractivity contribution in [3.63, 3.8) is 0 Å². The quantitative estimate of drug-likeness (QED) is 0.622. The molecule has 3 rings (SSSR count). The minimum absolute atomic E-state index is 0.226. The second kappa shape index (κ2) is 5.49. The van der Waals surface area contributed by atoms with Gasteiger partial charge in [0.1, 0.15) is 0 Å². The van der Waals surface area contributed by atoms with Gasteiger partial charge in [0, 0.05) is 23.3 Å². The fourth-order valence-corrected chi connectivity index (χ4v) is 2.39. The van der Waals surface area contributed by atoms with Gasteiger partial charge in [-0.1, -0.05) is 66.7 Å². The van der Waals surface area contributed by atoms with Gasteiger partial charge < -0.3 is 0 Å². The van der Waals surface area contributed by atoms with E-state index in [4.69, 9.17) is 0 Å². The minimum atomic E-state index is 0.226. The van der Waals surface area contributed by atoms with Gasteiger partial charge in [-0.25, -0.2) is 0 Å². The third-order valence-electron chi connectivity index (χ3n) is 3.27. The Morgan fingerprint density at radius 2 is 0.947 bits per heavy atom. The van der Waals surface area contributed by atoms with Crippen molar-refractivity contribution in [3.05, 3.63) is 102 Å². The van der Waals surface area contributed by atoms with Crippen molar-refractivity contribution in [1.29, 1.82) is 0 Å². The molecule has 0 spiro atoms. The van der Waals surface area contributed by atoms with Crippen LogP contribution in [0.25, 0.3) is 0 Å². The van der Waals surface area contributed by atoms with Crippen LogP contribution in [0.15, 0.2) is 91.3 Å². The smallest absolute Gasteiger partial charge is 0.194 e. The summed E-state index contributed by atoms with van der Waals surface area (Å²) in [6, 6.07) is 27.6. The number of nitrogens with zero attached hydrogens (tertiary/aromatic N) is 1. The average Bonchev–Trinajstić information content (AvgIpc) is 2.51. The van der Waals surface area contributed by atoms with Crippen molar-refractivity contribution >= 4 is 0 Å². The fraction of sp³-hybridized carbons (Fsp3) is 0.0556. The van der Waals surface area contributed by atoms with Gasteiger partial charge in [0.25, 0.3) is 0 Å². The highest BCUT2D eigenvalue weighted by Crippen LogP contribution is 2.20. The summed E-state index contributed by atoms with van der Waals surface area (Å²) >= 11 is 0. The average molecular weight is 246 g/mol. The van der Waals surface area contributed by atoms with Gasteiger partial charge >= 0.3 is 0 Å². The molecular formula is C18H16N+. The minimum Gasteiger partial charge on any atom is -0.194 e. The van der Waals surface area contributed by atoms with E-state index in [1.54, 1.807) is 0 Å². The Bertz CT molecular complexity index is 524. The molecular weight excluding hydrogens is 230 g/mol. The van der Waals surface area contributed by atoms with Gasteiger partial charge in [-0.15, -0.1) is 0 Å². The lowest BCUT2D eigenvalue weighted by Gasteiger charge is -2.13. The fourth-order valence-electron chi connectivity index (χ4n) is 2.39. The zero-order valence-corrected chi connectivity index (χ0v) is 10.7. The first-order valence-electron chi connectivity index (χ1n) is 6.51. The molecule has 92 valence electrons. The molecule has 0 fully saturated rings. The van der Waals surface area contributed by atoms with E-state index in [2.05, 4.69) is 89.8 Å². The molecule has 0 aliphatic rings. The number of hydrogen-bond acceptors (Lipinski definition) is 0. The van der Waals surface area contributed by atoms with E-state index in [1.165, 1.54) is 11.1 Å². The Balaban J connectivity index is 2.12. The van der Waals surface area contributed by atoms with Gasteiger partial charge in [-0.05, 0) is 0 Å². The number of hydrogen-bond donors (Lipinski definition) is 0. The molecule has 0 saturated carbocycles. The van der Waals surface area contributed by atoms with Crippen molar-refractivity contribution in [3.8, 4) is 0 Å². The summed E-state index contributed by atoms with van der Waals surface area (Å²) < 4.78 is 2.24. The third-order valence-corrected chi connectivity index (χ3v) is 3.27. The lowest BCUT2D eigenvalue weighted by Crippen LogP contribution is -2.39. The SMILES string of the molecule is c1ccc(C(c2ccccc2)[n+]2ccccc2)cc1. The van der Waals surface area contributed by atoms with Gasteiger partial charge in [0.2, 0.25) is 6.04 Å². The van der Waals surface area contributed by atoms with Gasteiger partial charge in [0.05, 0.1) is 0 Å². The molecule has 0 aliphatic carbocycles. The van der Waals surface area contributed by atoms with Crippen molar-refractivity contribution in [2.24, 2.45) is 0 Å². The largest absolute Gasteiger partial charge is 0.208 e. The second-order valence-corrected chi connectivity index (χ2v) is 4.55. The molecule has 0 unspecified atom stereocenters. The first kappa shape index (κ1) is 11.7. The lowest BCUT2D eigenvalue weighted by atomic mass is 9.98. The summed E-state index contributed by atoms with van der Waals surface area (Å²) in [5.74, 6) is 0. The number of pyridine rings is 1. The van der Waals surface area contributed by atoms with Crippen LogP contribution in [0.5, 0.6) is 0 Å². The number of aromatic nitrogens is 1. The molecule has 2 aromatic carbocycles. The molecule has 0 bridgehead atoms. The highest BCUT2D eigenvalue weighted by atomic mass is 15.0. The van der Waals surface area contributed by atoms with Crippen molar-refractivity contribution in [2.75, 3.05) is 0 Å². The molecule has 1 heterocycles. The molecule has 0 N–H and O–H groups in total. The Kier molecular flexibility index (Phi) is 3.37. The number of benzene rings is 2. The third kappa shape index (κ3) is 2.55. The maximum Gasteiger partial charge on any atom is 0.208 e. The van der Waals surface area contributed by atoms with Crippen LogP contribution in [0.4, 0.5) is 0 Å². The van der Waals surface area contributed by atoms with Crippen molar-refractivity contribution in [1.82, 2.24) is 0 Å². The monoisotopic (exact) mass is 246 g/mol. The predicted octanol–water partition coefficient (Wildman–Crippen LogP) is 3.61. The Morgan fingerprint density at radius 3 is 1.42 bits per heavy atom. The van der Waals surface area contributed by atoms with E-state index in [0.717, 1.165) is 0 Å². The van der Waals surface area contributed by atoms with E-state index in [1.807, 2.05) is 6.07 Å². The summed E-state index contributed by atoms with van der Waals surface area (Å²) in [5, 5.41) is 0. The van der Waals surface area contributed by atoms with Crippen LogP contribution in [0.3, 0.4) is 0 Å². The molecule has 1 heteroatoms. The van der Waals surface area contributed by atoms with E-state index < -0.39 is 0 Å². The first-order chi connectivity index (χ1) is 9.45. The van der Waals surface area contributed by atoms with Crippen LogP contribution in [-0.4, -0.2) is 0 Å². The topological polar surface area (TPSA) is 3.88 Å². The van der Waals surface area contributed by atoms with Crippen LogP contribution < -0.4 is 4.57 Å². The molecule has 1 nitrogen and oxygen atoms in total. The Morgan fingerprint density at radius 1 is 0.526 bits per heavy atom. The van der Waals surface area contributed by atoms with E-state index in [0.29, 0.717) is 0 Å². The maximum absolute atomic E-state index is 2.24. The maximum atomic E-state index is 2.24. The Hall–Kier alpha value is -2.41. The molecule has 0 atom stereocenters. The molecule has 0 aliphatic heterocycles. The van der Waals surface area contributed by atoms with Crippen molar-refractivity contribution in [2.45, 2.75) is 6.04 Å². The predicted molar refractivity (Wildman–Crippen MR) is 76.8 cm³/mol. The van der Waals surface area contributed by atoms with Gasteiger partial charge in [-0.3, -0.25) is 0 Å². The second-order valence-electron chi connectivity index (χ2n) is 4.55. The van der Waals surface area contributed by atoms with Gasteiger partial charge in [-0.2, -0.15) is 4.57 Å². The highest BCUT2D eigenvalue weighted by molar-refractivity contribution is 5.29. The van der Waals surface area contributed by atoms with Crippen LogP contribution in [0, 0.1) is 0 Å². The molecule has 19 heavy (non-hydrogen) atoms. The van der Waals surface area contributed by atoms with Crippen LogP contribution in [0.1, 0.15) is 17.2 Å². The molecule has 0 amide bonds. The van der Waals surface area contributed by atoms with E-state index in [9.17, 15) is 0 Å². The zero-order valence-electron chi connectivity index (χ0n) is 10.7. The Labute approximate surface area is 113 Å². The van der Waals surface area contributed by atoms with E-state index >= 15 is 0 Å².